The van der Waals surface area contributed by atoms with E-state index in [9.17, 15) is 4.79 Å². The SMILES string of the molecule is O=C(ONc1nccs1)N1CCCC1. The molecule has 0 aromatic carbocycles. The summed E-state index contributed by atoms with van der Waals surface area (Å²) in [5, 5.41) is 2.41. The number of likely N-dealkylation sites (tertiary alicyclic amines) is 1. The Hall–Kier alpha value is -1.30. The van der Waals surface area contributed by atoms with E-state index in [1.54, 1.807) is 11.1 Å². The zero-order valence-electron chi connectivity index (χ0n) is 7.60. The summed E-state index contributed by atoms with van der Waals surface area (Å²) in [6.07, 6.45) is 3.45. The maximum Gasteiger partial charge on any atom is 0.434 e. The van der Waals surface area contributed by atoms with Gasteiger partial charge in [0.25, 0.3) is 0 Å². The van der Waals surface area contributed by atoms with Gasteiger partial charge in [-0.25, -0.2) is 9.78 Å². The van der Waals surface area contributed by atoms with E-state index < -0.39 is 0 Å². The highest BCUT2D eigenvalue weighted by Crippen LogP contribution is 2.12. The number of anilines is 1. The normalized spacial score (nSPS) is 15.6. The predicted octanol–water partition coefficient (Wildman–Crippen LogP) is 1.70. The van der Waals surface area contributed by atoms with Crippen molar-refractivity contribution in [1.29, 1.82) is 0 Å². The van der Waals surface area contributed by atoms with Crippen molar-refractivity contribution in [1.82, 2.24) is 9.88 Å². The van der Waals surface area contributed by atoms with Crippen LogP contribution in [0.15, 0.2) is 11.6 Å². The minimum Gasteiger partial charge on any atom is -0.322 e. The molecule has 2 rings (SSSR count). The van der Waals surface area contributed by atoms with Crippen molar-refractivity contribution >= 4 is 22.6 Å². The summed E-state index contributed by atoms with van der Waals surface area (Å²) in [5.41, 5.74) is 2.52. The summed E-state index contributed by atoms with van der Waals surface area (Å²) in [6.45, 7) is 1.58. The first-order chi connectivity index (χ1) is 6.86. The fourth-order valence-corrected chi connectivity index (χ4v) is 1.79. The Morgan fingerprint density at radius 3 is 3.00 bits per heavy atom. The zero-order valence-corrected chi connectivity index (χ0v) is 8.42. The van der Waals surface area contributed by atoms with E-state index in [-0.39, 0.29) is 6.09 Å². The van der Waals surface area contributed by atoms with E-state index in [0.717, 1.165) is 25.9 Å². The number of amides is 1. The number of aromatic nitrogens is 1. The number of hydrogen-bond donors (Lipinski definition) is 1. The minimum absolute atomic E-state index is 0.322. The third-order valence-corrected chi connectivity index (χ3v) is 2.69. The summed E-state index contributed by atoms with van der Waals surface area (Å²) in [4.78, 5) is 21.8. The molecular formula is C8H11N3O2S. The fourth-order valence-electron chi connectivity index (χ4n) is 1.33. The molecule has 76 valence electrons. The van der Waals surface area contributed by atoms with Crippen LogP contribution in [0.1, 0.15) is 12.8 Å². The summed E-state index contributed by atoms with van der Waals surface area (Å²) < 4.78 is 0. The Morgan fingerprint density at radius 2 is 2.36 bits per heavy atom. The van der Waals surface area contributed by atoms with Gasteiger partial charge in [-0.2, -0.15) is 5.48 Å². The summed E-state index contributed by atoms with van der Waals surface area (Å²) >= 11 is 1.39. The highest BCUT2D eigenvalue weighted by Gasteiger charge is 2.19. The van der Waals surface area contributed by atoms with Crippen molar-refractivity contribution < 1.29 is 9.63 Å². The molecule has 1 aromatic rings. The van der Waals surface area contributed by atoms with Gasteiger partial charge >= 0.3 is 6.09 Å². The van der Waals surface area contributed by atoms with Crippen molar-refractivity contribution in [3.63, 3.8) is 0 Å². The van der Waals surface area contributed by atoms with E-state index in [0.29, 0.717) is 5.13 Å². The lowest BCUT2D eigenvalue weighted by atomic mass is 10.4. The van der Waals surface area contributed by atoms with E-state index >= 15 is 0 Å². The van der Waals surface area contributed by atoms with Crippen molar-refractivity contribution in [2.45, 2.75) is 12.8 Å². The number of hydrogen-bond acceptors (Lipinski definition) is 5. The van der Waals surface area contributed by atoms with Crippen molar-refractivity contribution in [2.75, 3.05) is 18.6 Å². The van der Waals surface area contributed by atoms with Crippen LogP contribution in [0.3, 0.4) is 0 Å². The Labute approximate surface area is 85.6 Å². The summed E-state index contributed by atoms with van der Waals surface area (Å²) in [6, 6.07) is 0. The maximum atomic E-state index is 11.4. The highest BCUT2D eigenvalue weighted by atomic mass is 32.1. The van der Waals surface area contributed by atoms with Crippen LogP contribution in [0.5, 0.6) is 0 Å². The molecular weight excluding hydrogens is 202 g/mol. The number of carbonyl (C=O) groups is 1. The van der Waals surface area contributed by atoms with Gasteiger partial charge in [-0.15, -0.1) is 11.3 Å². The summed E-state index contributed by atoms with van der Waals surface area (Å²) in [7, 11) is 0. The van der Waals surface area contributed by atoms with Crippen LogP contribution in [-0.4, -0.2) is 29.1 Å². The fraction of sp³-hybridized carbons (Fsp3) is 0.500. The third-order valence-electron chi connectivity index (χ3n) is 2.02. The second-order valence-electron chi connectivity index (χ2n) is 3.00. The number of thiazole rings is 1. The molecule has 0 unspecified atom stereocenters. The Kier molecular flexibility index (Phi) is 2.83. The number of nitrogens with one attached hydrogen (secondary N) is 1. The molecule has 0 spiro atoms. The van der Waals surface area contributed by atoms with Crippen LogP contribution < -0.4 is 5.48 Å². The Morgan fingerprint density at radius 1 is 1.57 bits per heavy atom. The first-order valence-electron chi connectivity index (χ1n) is 4.47. The molecule has 0 bridgehead atoms. The first kappa shape index (κ1) is 9.26. The molecule has 5 nitrogen and oxygen atoms in total. The van der Waals surface area contributed by atoms with E-state index in [1.807, 2.05) is 5.38 Å². The third kappa shape index (κ3) is 2.14. The molecule has 0 aliphatic carbocycles. The molecule has 1 aliphatic rings. The topological polar surface area (TPSA) is 54.5 Å². The molecule has 0 radical (unpaired) electrons. The van der Waals surface area contributed by atoms with Gasteiger partial charge < -0.3 is 9.74 Å². The zero-order chi connectivity index (χ0) is 9.80. The molecule has 14 heavy (non-hydrogen) atoms. The lowest BCUT2D eigenvalue weighted by Gasteiger charge is -2.13. The molecule has 1 fully saturated rings. The van der Waals surface area contributed by atoms with Crippen LogP contribution in [0.4, 0.5) is 9.93 Å². The van der Waals surface area contributed by atoms with Gasteiger partial charge in [0.1, 0.15) is 0 Å². The van der Waals surface area contributed by atoms with Gasteiger partial charge in [0, 0.05) is 24.7 Å². The minimum atomic E-state index is -0.322. The standard InChI is InChI=1S/C8H11N3O2S/c12-8(11-4-1-2-5-11)13-10-7-9-3-6-14-7/h3,6H,1-2,4-5H2,(H,9,10). The van der Waals surface area contributed by atoms with Gasteiger partial charge in [0.05, 0.1) is 0 Å². The Bertz CT molecular complexity index is 296. The average molecular weight is 213 g/mol. The molecule has 1 saturated heterocycles. The van der Waals surface area contributed by atoms with Crippen LogP contribution in [-0.2, 0) is 4.84 Å². The van der Waals surface area contributed by atoms with Crippen molar-refractivity contribution in [3.8, 4) is 0 Å². The largest absolute Gasteiger partial charge is 0.434 e. The van der Waals surface area contributed by atoms with Crippen LogP contribution >= 0.6 is 11.3 Å². The van der Waals surface area contributed by atoms with Gasteiger partial charge in [-0.1, -0.05) is 0 Å². The number of nitrogens with zero attached hydrogens (tertiary/aromatic N) is 2. The second-order valence-corrected chi connectivity index (χ2v) is 3.90. The summed E-state index contributed by atoms with van der Waals surface area (Å²) in [5.74, 6) is 0. The lowest BCUT2D eigenvalue weighted by Crippen LogP contribution is -2.29. The maximum absolute atomic E-state index is 11.4. The van der Waals surface area contributed by atoms with Crippen molar-refractivity contribution in [3.05, 3.63) is 11.6 Å². The van der Waals surface area contributed by atoms with Crippen LogP contribution in [0, 0.1) is 0 Å². The van der Waals surface area contributed by atoms with E-state index in [4.69, 9.17) is 4.84 Å². The van der Waals surface area contributed by atoms with E-state index in [1.165, 1.54) is 11.3 Å². The van der Waals surface area contributed by atoms with Crippen molar-refractivity contribution in [2.24, 2.45) is 0 Å². The predicted molar refractivity (Wildman–Crippen MR) is 53.0 cm³/mol. The first-order valence-corrected chi connectivity index (χ1v) is 5.35. The average Bonchev–Trinajstić information content (AvgIpc) is 2.87. The Balaban J connectivity index is 1.77. The second kappa shape index (κ2) is 4.28. The van der Waals surface area contributed by atoms with Gasteiger partial charge in [0.2, 0.25) is 5.13 Å². The van der Waals surface area contributed by atoms with Gasteiger partial charge in [0.15, 0.2) is 0 Å². The van der Waals surface area contributed by atoms with Crippen LogP contribution in [0.25, 0.3) is 0 Å². The smallest absolute Gasteiger partial charge is 0.322 e. The lowest BCUT2D eigenvalue weighted by molar-refractivity contribution is 0.132. The van der Waals surface area contributed by atoms with E-state index in [2.05, 4.69) is 10.5 Å². The van der Waals surface area contributed by atoms with Gasteiger partial charge in [-0.3, -0.25) is 0 Å². The monoisotopic (exact) mass is 213 g/mol. The quantitative estimate of drug-likeness (QED) is 0.760. The molecule has 1 aliphatic heterocycles. The highest BCUT2D eigenvalue weighted by molar-refractivity contribution is 7.13. The molecule has 1 amide bonds. The van der Waals surface area contributed by atoms with Crippen LogP contribution in [0.2, 0.25) is 0 Å². The molecule has 1 aromatic heterocycles. The molecule has 1 N–H and O–H groups in total. The molecule has 6 heteroatoms. The number of carbonyl (C=O) groups excluding carboxylic acids is 1. The molecule has 2 heterocycles. The molecule has 0 saturated carbocycles. The van der Waals surface area contributed by atoms with Gasteiger partial charge in [-0.05, 0) is 12.8 Å². The number of rotatable bonds is 2. The molecule has 0 atom stereocenters.